The van der Waals surface area contributed by atoms with Crippen LogP contribution in [0.25, 0.3) is 0 Å². The first-order valence-electron chi connectivity index (χ1n) is 7.72. The highest BCUT2D eigenvalue weighted by Gasteiger charge is 2.31. The average molecular weight is 263 g/mol. The third kappa shape index (κ3) is 3.59. The summed E-state index contributed by atoms with van der Waals surface area (Å²) in [6.45, 7) is 9.38. The maximum Gasteiger partial charge on any atom is 0.0537 e. The van der Waals surface area contributed by atoms with Crippen LogP contribution < -0.4 is 5.32 Å². The first-order valence-corrected chi connectivity index (χ1v) is 7.72. The second kappa shape index (κ2) is 6.08. The maximum atomic E-state index is 4.28. The molecule has 108 valence electrons. The lowest BCUT2D eigenvalue weighted by Gasteiger charge is -2.39. The van der Waals surface area contributed by atoms with Crippen molar-refractivity contribution in [3.8, 4) is 0 Å². The van der Waals surface area contributed by atoms with Gasteiger partial charge in [-0.1, -0.05) is 27.2 Å². The lowest BCUT2D eigenvalue weighted by atomic mass is 9.73. The summed E-state index contributed by atoms with van der Waals surface area (Å²) in [7, 11) is 1.98. The van der Waals surface area contributed by atoms with Gasteiger partial charge in [0.25, 0.3) is 0 Å². The van der Waals surface area contributed by atoms with Crippen LogP contribution in [0.4, 0.5) is 0 Å². The van der Waals surface area contributed by atoms with E-state index in [1.165, 1.54) is 24.8 Å². The Labute approximate surface area is 117 Å². The number of nitrogens with one attached hydrogen (secondary N) is 1. The van der Waals surface area contributed by atoms with Crippen LogP contribution in [0, 0.1) is 17.8 Å². The highest BCUT2D eigenvalue weighted by Crippen LogP contribution is 2.34. The van der Waals surface area contributed by atoms with E-state index in [9.17, 15) is 0 Å². The molecule has 4 atom stereocenters. The molecule has 0 spiro atoms. The van der Waals surface area contributed by atoms with Crippen molar-refractivity contribution in [2.75, 3.05) is 0 Å². The molecular weight excluding hydrogens is 234 g/mol. The molecule has 4 unspecified atom stereocenters. The Morgan fingerprint density at radius 3 is 2.63 bits per heavy atom. The SMILES string of the molecule is CC1CCC(C(C)C)C(NC(C)c2cnn(C)c2)C1. The number of hydrogen-bond donors (Lipinski definition) is 1. The topological polar surface area (TPSA) is 29.9 Å². The van der Waals surface area contributed by atoms with E-state index in [-0.39, 0.29) is 0 Å². The molecule has 1 fully saturated rings. The zero-order valence-corrected chi connectivity index (χ0v) is 13.1. The van der Waals surface area contributed by atoms with E-state index in [4.69, 9.17) is 0 Å². The minimum atomic E-state index is 0.394. The normalized spacial score (nSPS) is 29.7. The Bertz CT molecular complexity index is 396. The number of nitrogens with zero attached hydrogens (tertiary/aromatic N) is 2. The molecule has 1 saturated carbocycles. The van der Waals surface area contributed by atoms with E-state index >= 15 is 0 Å². The molecule has 3 heteroatoms. The van der Waals surface area contributed by atoms with Crippen molar-refractivity contribution in [3.63, 3.8) is 0 Å². The van der Waals surface area contributed by atoms with E-state index in [1.807, 2.05) is 17.9 Å². The minimum absolute atomic E-state index is 0.394. The Morgan fingerprint density at radius 1 is 1.32 bits per heavy atom. The van der Waals surface area contributed by atoms with Gasteiger partial charge in [-0.05, 0) is 37.5 Å². The van der Waals surface area contributed by atoms with Crippen molar-refractivity contribution in [3.05, 3.63) is 18.0 Å². The van der Waals surface area contributed by atoms with Crippen molar-refractivity contribution in [2.24, 2.45) is 24.8 Å². The third-order valence-electron chi connectivity index (χ3n) is 4.71. The van der Waals surface area contributed by atoms with Gasteiger partial charge < -0.3 is 5.32 Å². The smallest absolute Gasteiger partial charge is 0.0537 e. The van der Waals surface area contributed by atoms with E-state index in [1.54, 1.807) is 0 Å². The summed E-state index contributed by atoms with van der Waals surface area (Å²) in [5.41, 5.74) is 1.29. The minimum Gasteiger partial charge on any atom is -0.307 e. The summed E-state index contributed by atoms with van der Waals surface area (Å²) in [6.07, 6.45) is 8.18. The Hall–Kier alpha value is -0.830. The fraction of sp³-hybridized carbons (Fsp3) is 0.812. The van der Waals surface area contributed by atoms with Gasteiger partial charge in [-0.3, -0.25) is 4.68 Å². The summed E-state index contributed by atoms with van der Waals surface area (Å²) < 4.78 is 1.89. The Balaban J connectivity index is 2.02. The fourth-order valence-electron chi connectivity index (χ4n) is 3.47. The quantitative estimate of drug-likeness (QED) is 0.900. The summed E-state index contributed by atoms with van der Waals surface area (Å²) >= 11 is 0. The molecule has 2 rings (SSSR count). The number of hydrogen-bond acceptors (Lipinski definition) is 2. The highest BCUT2D eigenvalue weighted by atomic mass is 15.2. The molecule has 1 aliphatic rings. The molecule has 0 amide bonds. The molecule has 1 heterocycles. The van der Waals surface area contributed by atoms with E-state index < -0.39 is 0 Å². The van der Waals surface area contributed by atoms with Crippen LogP contribution in [-0.2, 0) is 7.05 Å². The van der Waals surface area contributed by atoms with Gasteiger partial charge >= 0.3 is 0 Å². The van der Waals surface area contributed by atoms with Gasteiger partial charge in [-0.2, -0.15) is 5.10 Å². The predicted molar refractivity (Wildman–Crippen MR) is 79.9 cm³/mol. The van der Waals surface area contributed by atoms with Crippen molar-refractivity contribution in [2.45, 2.75) is 59.0 Å². The number of aryl methyl sites for hydroxylation is 1. The summed E-state index contributed by atoms with van der Waals surface area (Å²) in [5, 5.41) is 8.13. The van der Waals surface area contributed by atoms with E-state index in [2.05, 4.69) is 44.3 Å². The van der Waals surface area contributed by atoms with Crippen molar-refractivity contribution < 1.29 is 0 Å². The van der Waals surface area contributed by atoms with Crippen LogP contribution in [0.5, 0.6) is 0 Å². The summed E-state index contributed by atoms with van der Waals surface area (Å²) in [4.78, 5) is 0. The molecule has 0 saturated heterocycles. The van der Waals surface area contributed by atoms with Crippen LogP contribution in [-0.4, -0.2) is 15.8 Å². The van der Waals surface area contributed by atoms with Crippen molar-refractivity contribution in [1.29, 1.82) is 0 Å². The first-order chi connectivity index (χ1) is 8.97. The van der Waals surface area contributed by atoms with Crippen molar-refractivity contribution in [1.82, 2.24) is 15.1 Å². The average Bonchev–Trinajstić information content (AvgIpc) is 2.75. The molecule has 1 aliphatic carbocycles. The lowest BCUT2D eigenvalue weighted by Crippen LogP contribution is -2.43. The third-order valence-corrected chi connectivity index (χ3v) is 4.71. The number of rotatable bonds is 4. The molecule has 3 nitrogen and oxygen atoms in total. The maximum absolute atomic E-state index is 4.28. The molecule has 0 bridgehead atoms. The monoisotopic (exact) mass is 263 g/mol. The van der Waals surface area contributed by atoms with Crippen LogP contribution in [0.15, 0.2) is 12.4 Å². The largest absolute Gasteiger partial charge is 0.307 e. The molecule has 0 aromatic carbocycles. The van der Waals surface area contributed by atoms with Gasteiger partial charge in [0.2, 0.25) is 0 Å². The fourth-order valence-corrected chi connectivity index (χ4v) is 3.47. The van der Waals surface area contributed by atoms with Crippen LogP contribution in [0.1, 0.15) is 58.6 Å². The Kier molecular flexibility index (Phi) is 4.67. The molecular formula is C16H29N3. The predicted octanol–water partition coefficient (Wildman–Crippen LogP) is 3.53. The van der Waals surface area contributed by atoms with Crippen LogP contribution in [0.3, 0.4) is 0 Å². The van der Waals surface area contributed by atoms with Gasteiger partial charge in [0.05, 0.1) is 6.20 Å². The summed E-state index contributed by atoms with van der Waals surface area (Å²) in [6, 6.07) is 1.05. The molecule has 1 aromatic heterocycles. The summed E-state index contributed by atoms with van der Waals surface area (Å²) in [5.74, 6) is 2.44. The van der Waals surface area contributed by atoms with E-state index in [0.29, 0.717) is 12.1 Å². The zero-order valence-electron chi connectivity index (χ0n) is 13.1. The first kappa shape index (κ1) is 14.6. The van der Waals surface area contributed by atoms with Gasteiger partial charge in [0.15, 0.2) is 0 Å². The Morgan fingerprint density at radius 2 is 2.05 bits per heavy atom. The second-order valence-corrected chi connectivity index (χ2v) is 6.77. The van der Waals surface area contributed by atoms with Gasteiger partial charge in [-0.15, -0.1) is 0 Å². The van der Waals surface area contributed by atoms with Gasteiger partial charge in [0, 0.05) is 30.9 Å². The molecule has 1 N–H and O–H groups in total. The van der Waals surface area contributed by atoms with E-state index in [0.717, 1.165) is 17.8 Å². The molecule has 19 heavy (non-hydrogen) atoms. The lowest BCUT2D eigenvalue weighted by molar-refractivity contribution is 0.161. The molecule has 0 radical (unpaired) electrons. The second-order valence-electron chi connectivity index (χ2n) is 6.77. The molecule has 0 aliphatic heterocycles. The van der Waals surface area contributed by atoms with Gasteiger partial charge in [-0.25, -0.2) is 0 Å². The standard InChI is InChI=1S/C16H29N3/c1-11(2)15-7-6-12(3)8-16(15)18-13(4)14-9-17-19(5)10-14/h9-13,15-16,18H,6-8H2,1-5H3. The molecule has 1 aromatic rings. The zero-order chi connectivity index (χ0) is 14.0. The highest BCUT2D eigenvalue weighted by molar-refractivity contribution is 5.09. The van der Waals surface area contributed by atoms with Crippen LogP contribution in [0.2, 0.25) is 0 Å². The number of aromatic nitrogens is 2. The van der Waals surface area contributed by atoms with Gasteiger partial charge in [0.1, 0.15) is 0 Å². The van der Waals surface area contributed by atoms with Crippen LogP contribution >= 0.6 is 0 Å². The van der Waals surface area contributed by atoms with Crippen molar-refractivity contribution >= 4 is 0 Å².